The molecule has 0 radical (unpaired) electrons. The first-order valence-electron chi connectivity index (χ1n) is 13.2. The molecule has 0 N–H and O–H groups in total. The summed E-state index contributed by atoms with van der Waals surface area (Å²) in [5.74, 6) is 0.878. The molecule has 2 aromatic rings. The molecular weight excluding hydrogens is 523 g/mol. The van der Waals surface area contributed by atoms with Crippen LogP contribution in [0.3, 0.4) is 0 Å². The zero-order valence-corrected chi connectivity index (χ0v) is 25.6. The Morgan fingerprint density at radius 1 is 0.553 bits per heavy atom. The number of hydrogen-bond acceptors (Lipinski definition) is 6. The van der Waals surface area contributed by atoms with Crippen LogP contribution in [0.5, 0.6) is 11.5 Å². The monoisotopic (exact) mass is 566 g/mol. The van der Waals surface area contributed by atoms with Crippen molar-refractivity contribution >= 4 is 36.4 Å². The van der Waals surface area contributed by atoms with Crippen molar-refractivity contribution < 1.29 is 19.1 Å². The largest absolute Gasteiger partial charge is 0.492 e. The van der Waals surface area contributed by atoms with Gasteiger partial charge in [-0.2, -0.15) is 0 Å². The molecule has 0 unspecified atom stereocenters. The molecule has 1 aliphatic carbocycles. The van der Waals surface area contributed by atoms with E-state index in [2.05, 4.69) is 65.2 Å². The summed E-state index contributed by atoms with van der Waals surface area (Å²) in [5, 5.41) is 0. The highest BCUT2D eigenvalue weighted by Crippen LogP contribution is 2.32. The Morgan fingerprint density at radius 3 is 1.18 bits per heavy atom. The standard InChI is InChI=1S/C30H42N2O4.2ClH/c1-19(2)31(20(3)4)13-15-35-23-9-11-25-27(17-23)30(34)28-18-24(10-12-26(28)29(25)33)36-16-14-32(21(5)6)22(7)8;;/h9-12,17-22H,13-16H2,1-8H3;2*1H. The van der Waals surface area contributed by atoms with E-state index in [0.29, 0.717) is 71.1 Å². The lowest BCUT2D eigenvalue weighted by molar-refractivity contribution is 0.0978. The van der Waals surface area contributed by atoms with Gasteiger partial charge in [0.15, 0.2) is 11.6 Å². The van der Waals surface area contributed by atoms with Crippen LogP contribution in [0.15, 0.2) is 36.4 Å². The van der Waals surface area contributed by atoms with E-state index in [1.165, 1.54) is 0 Å². The average Bonchev–Trinajstić information content (AvgIpc) is 2.81. The van der Waals surface area contributed by atoms with Gasteiger partial charge >= 0.3 is 0 Å². The summed E-state index contributed by atoms with van der Waals surface area (Å²) >= 11 is 0. The Bertz CT molecular complexity index is 988. The van der Waals surface area contributed by atoms with Crippen LogP contribution >= 0.6 is 24.8 Å². The van der Waals surface area contributed by atoms with Crippen LogP contribution in [-0.2, 0) is 0 Å². The highest BCUT2D eigenvalue weighted by Gasteiger charge is 2.30. The molecule has 8 heteroatoms. The van der Waals surface area contributed by atoms with Crippen LogP contribution in [0.1, 0.15) is 87.2 Å². The molecule has 3 rings (SSSR count). The Balaban J connectivity index is 0.00000361. The maximum absolute atomic E-state index is 13.4. The number of ether oxygens (including phenoxy) is 2. The van der Waals surface area contributed by atoms with Crippen molar-refractivity contribution in [1.82, 2.24) is 9.80 Å². The molecule has 212 valence electrons. The van der Waals surface area contributed by atoms with Crippen molar-refractivity contribution in [3.8, 4) is 11.5 Å². The second kappa shape index (κ2) is 14.9. The zero-order valence-electron chi connectivity index (χ0n) is 23.9. The van der Waals surface area contributed by atoms with Crippen LogP contribution in [0.25, 0.3) is 0 Å². The number of hydrogen-bond donors (Lipinski definition) is 0. The molecule has 6 nitrogen and oxygen atoms in total. The Kier molecular flexibility index (Phi) is 13.3. The molecule has 38 heavy (non-hydrogen) atoms. The van der Waals surface area contributed by atoms with Crippen LogP contribution in [-0.4, -0.2) is 71.8 Å². The molecule has 1 aliphatic rings. The fourth-order valence-electron chi connectivity index (χ4n) is 5.05. The van der Waals surface area contributed by atoms with Crippen molar-refractivity contribution in [2.24, 2.45) is 0 Å². The molecule has 0 fully saturated rings. The predicted molar refractivity (Wildman–Crippen MR) is 159 cm³/mol. The molecule has 0 spiro atoms. The van der Waals surface area contributed by atoms with E-state index in [9.17, 15) is 9.59 Å². The minimum Gasteiger partial charge on any atom is -0.492 e. The van der Waals surface area contributed by atoms with Crippen LogP contribution < -0.4 is 9.47 Å². The number of benzene rings is 2. The molecule has 0 heterocycles. The Labute approximate surface area is 240 Å². The first-order valence-corrected chi connectivity index (χ1v) is 13.2. The average molecular weight is 568 g/mol. The van der Waals surface area contributed by atoms with Crippen LogP contribution in [0.2, 0.25) is 0 Å². The lowest BCUT2D eigenvalue weighted by atomic mass is 9.84. The second-order valence-electron chi connectivity index (χ2n) is 10.6. The summed E-state index contributed by atoms with van der Waals surface area (Å²) in [6.07, 6.45) is 0. The van der Waals surface area contributed by atoms with Gasteiger partial charge in [-0.15, -0.1) is 24.8 Å². The third kappa shape index (κ3) is 7.95. The smallest absolute Gasteiger partial charge is 0.194 e. The SMILES string of the molecule is CC(C)N(CCOc1ccc2c(c1)C(=O)c1cc(OCCN(C(C)C)C(C)C)ccc1C2=O)C(C)C.Cl.Cl. The van der Waals surface area contributed by atoms with Gasteiger partial charge in [-0.25, -0.2) is 0 Å². The molecule has 2 aromatic carbocycles. The zero-order chi connectivity index (χ0) is 26.6. The summed E-state index contributed by atoms with van der Waals surface area (Å²) in [6, 6.07) is 12.0. The summed E-state index contributed by atoms with van der Waals surface area (Å²) in [4.78, 5) is 31.2. The topological polar surface area (TPSA) is 59.1 Å². The molecular formula is C30H44Cl2N2O4. The molecule has 0 aromatic heterocycles. The van der Waals surface area contributed by atoms with E-state index in [-0.39, 0.29) is 36.4 Å². The summed E-state index contributed by atoms with van der Waals surface area (Å²) in [6.45, 7) is 19.9. The van der Waals surface area contributed by atoms with Gasteiger partial charge in [0.2, 0.25) is 0 Å². The number of ketones is 2. The molecule has 0 atom stereocenters. The molecule has 0 aliphatic heterocycles. The Morgan fingerprint density at radius 2 is 0.868 bits per heavy atom. The molecule has 0 bridgehead atoms. The van der Waals surface area contributed by atoms with Gasteiger partial charge in [0, 0.05) is 59.5 Å². The van der Waals surface area contributed by atoms with Crippen LogP contribution in [0.4, 0.5) is 0 Å². The van der Waals surface area contributed by atoms with Crippen molar-refractivity contribution in [1.29, 1.82) is 0 Å². The summed E-state index contributed by atoms with van der Waals surface area (Å²) < 4.78 is 12.0. The fraction of sp³-hybridized carbons (Fsp3) is 0.533. The number of rotatable bonds is 12. The quantitative estimate of drug-likeness (QED) is 0.256. The van der Waals surface area contributed by atoms with Crippen molar-refractivity contribution in [3.05, 3.63) is 58.7 Å². The normalized spacial score (nSPS) is 12.7. The maximum atomic E-state index is 13.4. The number of fused-ring (bicyclic) bond motifs is 2. The molecule has 0 saturated heterocycles. The van der Waals surface area contributed by atoms with Gasteiger partial charge in [0.1, 0.15) is 24.7 Å². The highest BCUT2D eigenvalue weighted by atomic mass is 35.5. The van der Waals surface area contributed by atoms with E-state index in [1.807, 2.05) is 0 Å². The minimum absolute atomic E-state index is 0. The van der Waals surface area contributed by atoms with Gasteiger partial charge in [-0.05, 0) is 91.8 Å². The summed E-state index contributed by atoms with van der Waals surface area (Å²) in [7, 11) is 0. The highest BCUT2D eigenvalue weighted by molar-refractivity contribution is 6.28. The maximum Gasteiger partial charge on any atom is 0.194 e. The van der Waals surface area contributed by atoms with Crippen molar-refractivity contribution in [2.45, 2.75) is 79.6 Å². The predicted octanol–water partition coefficient (Wildman–Crippen LogP) is 6.30. The fourth-order valence-corrected chi connectivity index (χ4v) is 5.05. The number of nitrogens with zero attached hydrogens (tertiary/aromatic N) is 2. The van der Waals surface area contributed by atoms with E-state index < -0.39 is 0 Å². The minimum atomic E-state index is -0.174. The number of halogens is 2. The first kappa shape index (κ1) is 33.9. The van der Waals surface area contributed by atoms with Gasteiger partial charge in [0.25, 0.3) is 0 Å². The number of carbonyl (C=O) groups is 2. The van der Waals surface area contributed by atoms with E-state index in [0.717, 1.165) is 13.1 Å². The molecule has 0 amide bonds. The first-order chi connectivity index (χ1) is 17.0. The Hall–Kier alpha value is -2.12. The summed E-state index contributed by atoms with van der Waals surface area (Å²) in [5.41, 5.74) is 1.61. The third-order valence-electron chi connectivity index (χ3n) is 6.85. The van der Waals surface area contributed by atoms with Crippen molar-refractivity contribution in [3.63, 3.8) is 0 Å². The second-order valence-corrected chi connectivity index (χ2v) is 10.6. The van der Waals surface area contributed by atoms with Crippen molar-refractivity contribution in [2.75, 3.05) is 26.3 Å². The number of carbonyl (C=O) groups excluding carboxylic acids is 2. The van der Waals surface area contributed by atoms with Crippen LogP contribution in [0, 0.1) is 0 Å². The van der Waals surface area contributed by atoms with E-state index in [4.69, 9.17) is 9.47 Å². The third-order valence-corrected chi connectivity index (χ3v) is 6.85. The van der Waals surface area contributed by atoms with Gasteiger partial charge in [-0.3, -0.25) is 19.4 Å². The van der Waals surface area contributed by atoms with Gasteiger partial charge < -0.3 is 9.47 Å². The van der Waals surface area contributed by atoms with Gasteiger partial charge in [0.05, 0.1) is 0 Å². The van der Waals surface area contributed by atoms with E-state index >= 15 is 0 Å². The lowest BCUT2D eigenvalue weighted by Crippen LogP contribution is -2.39. The van der Waals surface area contributed by atoms with Gasteiger partial charge in [-0.1, -0.05) is 0 Å². The lowest BCUT2D eigenvalue weighted by Gasteiger charge is -2.30. The van der Waals surface area contributed by atoms with E-state index in [1.54, 1.807) is 36.4 Å². The molecule has 0 saturated carbocycles.